The lowest BCUT2D eigenvalue weighted by Crippen LogP contribution is -2.41. The highest BCUT2D eigenvalue weighted by Crippen LogP contribution is 2.36. The molecule has 3 aliphatic rings. The number of aromatic nitrogens is 1. The zero-order valence-corrected chi connectivity index (χ0v) is 27.0. The fourth-order valence-corrected chi connectivity index (χ4v) is 7.19. The van der Waals surface area contributed by atoms with E-state index >= 15 is 4.39 Å². The molecule has 10 heteroatoms. The number of aliphatic hydroxyl groups excluding tert-OH is 1. The van der Waals surface area contributed by atoms with E-state index in [1.54, 1.807) is 17.9 Å². The maximum atomic E-state index is 15.3. The highest BCUT2D eigenvalue weighted by atomic mass is 35.5. The Balaban J connectivity index is 1.17. The van der Waals surface area contributed by atoms with Crippen molar-refractivity contribution in [1.29, 1.82) is 5.41 Å². The normalized spacial score (nSPS) is 22.4. The molecule has 8 nitrogen and oxygen atoms in total. The van der Waals surface area contributed by atoms with E-state index in [2.05, 4.69) is 39.4 Å². The first kappa shape index (κ1) is 31.7. The molecule has 3 heterocycles. The average molecular weight is 634 g/mol. The minimum atomic E-state index is -1.11. The van der Waals surface area contributed by atoms with Crippen LogP contribution in [0.2, 0.25) is 5.02 Å². The second-order valence-electron chi connectivity index (χ2n) is 13.0. The van der Waals surface area contributed by atoms with Crippen LogP contribution in [0.1, 0.15) is 75.5 Å². The van der Waals surface area contributed by atoms with Gasteiger partial charge in [0.05, 0.1) is 16.6 Å². The van der Waals surface area contributed by atoms with Crippen LogP contribution in [0.4, 0.5) is 10.1 Å². The van der Waals surface area contributed by atoms with Crippen LogP contribution in [0.25, 0.3) is 17.5 Å². The predicted octanol–water partition coefficient (Wildman–Crippen LogP) is 5.19. The van der Waals surface area contributed by atoms with Gasteiger partial charge in [0.2, 0.25) is 6.35 Å². The fraction of sp³-hybridized carbons (Fsp3) is 0.486. The molecule has 1 aliphatic carbocycles. The van der Waals surface area contributed by atoms with E-state index in [1.807, 2.05) is 30.5 Å². The van der Waals surface area contributed by atoms with Crippen LogP contribution in [0.5, 0.6) is 0 Å². The molecule has 1 unspecified atom stereocenters. The lowest BCUT2D eigenvalue weighted by Gasteiger charge is -2.40. The van der Waals surface area contributed by atoms with Gasteiger partial charge in [-0.05, 0) is 119 Å². The van der Waals surface area contributed by atoms with E-state index in [-0.39, 0.29) is 11.1 Å². The van der Waals surface area contributed by atoms with E-state index in [9.17, 15) is 5.11 Å². The monoisotopic (exact) mass is 633 g/mol. The third-order valence-corrected chi connectivity index (χ3v) is 10.0. The Morgan fingerprint density at radius 1 is 1.20 bits per heavy atom. The maximum Gasteiger partial charge on any atom is 0.231 e. The van der Waals surface area contributed by atoms with Crippen LogP contribution in [-0.2, 0) is 6.42 Å². The molecule has 0 spiro atoms. The number of halogens is 2. The number of piperidine rings is 1. The number of benzene rings is 2. The minimum Gasteiger partial charge on any atom is -0.374 e. The van der Waals surface area contributed by atoms with Crippen molar-refractivity contribution in [2.24, 2.45) is 16.6 Å². The molecule has 4 atom stereocenters. The Morgan fingerprint density at radius 3 is 2.71 bits per heavy atom. The highest BCUT2D eigenvalue weighted by molar-refractivity contribution is 6.31. The molecule has 0 amide bonds. The number of nitrogens with zero attached hydrogens (tertiary/aromatic N) is 3. The van der Waals surface area contributed by atoms with Gasteiger partial charge in [-0.15, -0.1) is 0 Å². The lowest BCUT2D eigenvalue weighted by molar-refractivity contribution is 0.109. The van der Waals surface area contributed by atoms with Gasteiger partial charge in [0.15, 0.2) is 5.82 Å². The average Bonchev–Trinajstić information content (AvgIpc) is 3.79. The topological polar surface area (TPSA) is 117 Å². The van der Waals surface area contributed by atoms with Crippen LogP contribution in [-0.4, -0.2) is 52.9 Å². The predicted molar refractivity (Wildman–Crippen MR) is 179 cm³/mol. The van der Waals surface area contributed by atoms with E-state index in [0.717, 1.165) is 61.5 Å². The summed E-state index contributed by atoms with van der Waals surface area (Å²) in [7, 11) is 2.20. The van der Waals surface area contributed by atoms with Crippen molar-refractivity contribution in [3.05, 3.63) is 75.1 Å². The second kappa shape index (κ2) is 13.6. The quantitative estimate of drug-likeness (QED) is 0.147. The number of anilines is 1. The van der Waals surface area contributed by atoms with Gasteiger partial charge in [-0.25, -0.2) is 9.38 Å². The summed E-state index contributed by atoms with van der Waals surface area (Å²) in [5.41, 5.74) is 10.8. The molecule has 6 rings (SSSR count). The van der Waals surface area contributed by atoms with Crippen LogP contribution in [0, 0.1) is 17.1 Å². The molecule has 2 aliphatic heterocycles. The van der Waals surface area contributed by atoms with Crippen molar-refractivity contribution in [1.82, 2.24) is 15.2 Å². The molecule has 1 saturated heterocycles. The SMILES string of the molecule is CC(=N)NCC[C@@H]1CCC[C@@H](c2ccc(N3C=c4cc(-c5cc(CCC[C@@H](N)C6CC6)cc(Cl)c5F)[nH]c4=NC3O)cc2)N1C. The van der Waals surface area contributed by atoms with Crippen LogP contribution >= 0.6 is 11.6 Å². The van der Waals surface area contributed by atoms with Gasteiger partial charge in [-0.1, -0.05) is 23.7 Å². The first-order valence-corrected chi connectivity index (χ1v) is 16.7. The molecule has 240 valence electrons. The zero-order chi connectivity index (χ0) is 31.7. The molecular weight excluding hydrogens is 589 g/mol. The number of aromatic amines is 1. The van der Waals surface area contributed by atoms with Crippen molar-refractivity contribution >= 4 is 29.3 Å². The van der Waals surface area contributed by atoms with E-state index in [1.165, 1.54) is 24.8 Å². The summed E-state index contributed by atoms with van der Waals surface area (Å²) < 4.78 is 15.3. The van der Waals surface area contributed by atoms with Crippen LogP contribution in [0.3, 0.4) is 0 Å². The van der Waals surface area contributed by atoms with Gasteiger partial charge in [0.1, 0.15) is 5.49 Å². The van der Waals surface area contributed by atoms with E-state index in [4.69, 9.17) is 22.7 Å². The summed E-state index contributed by atoms with van der Waals surface area (Å²) >= 11 is 6.34. The smallest absolute Gasteiger partial charge is 0.231 e. The molecule has 3 aromatic rings. The number of nitrogens with two attached hydrogens (primary N) is 1. The van der Waals surface area contributed by atoms with E-state index < -0.39 is 12.2 Å². The molecule has 1 saturated carbocycles. The zero-order valence-electron chi connectivity index (χ0n) is 26.2. The molecule has 6 N–H and O–H groups in total. The first-order valence-electron chi connectivity index (χ1n) is 16.3. The number of H-pyrrole nitrogens is 1. The van der Waals surface area contributed by atoms with Gasteiger partial charge in [0, 0.05) is 47.3 Å². The van der Waals surface area contributed by atoms with Crippen molar-refractivity contribution in [2.75, 3.05) is 18.5 Å². The number of aliphatic hydroxyl groups is 1. The Hall–Kier alpha value is -3.24. The Morgan fingerprint density at radius 2 is 1.98 bits per heavy atom. The number of aryl methyl sites for hydroxylation is 1. The second-order valence-corrected chi connectivity index (χ2v) is 13.4. The summed E-state index contributed by atoms with van der Waals surface area (Å²) in [6.07, 6.45) is 10.3. The summed E-state index contributed by atoms with van der Waals surface area (Å²) in [4.78, 5) is 11.9. The summed E-state index contributed by atoms with van der Waals surface area (Å²) in [5, 5.41) is 22.6. The number of likely N-dealkylation sites (tertiary alicyclic amines) is 1. The number of hydrogen-bond acceptors (Lipinski definition) is 6. The summed E-state index contributed by atoms with van der Waals surface area (Å²) in [6.45, 7) is 2.59. The third-order valence-electron chi connectivity index (χ3n) is 9.73. The van der Waals surface area contributed by atoms with Crippen molar-refractivity contribution in [3.63, 3.8) is 0 Å². The molecule has 0 radical (unpaired) electrons. The number of fused-ring (bicyclic) bond motifs is 1. The van der Waals surface area contributed by atoms with Gasteiger partial charge in [-0.3, -0.25) is 10.3 Å². The lowest BCUT2D eigenvalue weighted by atomic mass is 9.90. The number of nitrogens with one attached hydrogen (secondary N) is 3. The third kappa shape index (κ3) is 7.27. The summed E-state index contributed by atoms with van der Waals surface area (Å²) in [6, 6.07) is 14.8. The molecular formula is C35H45ClFN7O. The number of amidine groups is 1. The molecule has 2 fully saturated rings. The molecule has 1 aromatic heterocycles. The Bertz CT molecular complexity index is 1640. The van der Waals surface area contributed by atoms with Gasteiger partial charge >= 0.3 is 0 Å². The largest absolute Gasteiger partial charge is 0.374 e. The van der Waals surface area contributed by atoms with E-state index in [0.29, 0.717) is 40.6 Å². The molecule has 0 bridgehead atoms. The van der Waals surface area contributed by atoms with Crippen molar-refractivity contribution in [2.45, 2.75) is 89.2 Å². The number of rotatable bonds is 11. The standard InChI is InChI=1S/C35H45ClFN7O/c1-21(38)40-16-15-26-6-4-8-32(43(26)2)24-11-13-27(14-12-24)44-20-25-19-31(41-34(25)42-35(44)45)28-17-22(18-29(36)33(28)37)5-3-7-30(39)23-9-10-23/h11-14,17-20,23,26,30,32,35,45H,3-10,15-16,39H2,1-2H3,(H2,38,40)(H,41,42)/t26-,30+,32-,35?/m0/s1. The van der Waals surface area contributed by atoms with Crippen molar-refractivity contribution in [3.8, 4) is 11.3 Å². The first-order chi connectivity index (χ1) is 21.7. The van der Waals surface area contributed by atoms with Gasteiger partial charge < -0.3 is 26.0 Å². The van der Waals surface area contributed by atoms with Gasteiger partial charge in [0.25, 0.3) is 0 Å². The van der Waals surface area contributed by atoms with Crippen molar-refractivity contribution < 1.29 is 9.50 Å². The Kier molecular flexibility index (Phi) is 9.61. The molecule has 45 heavy (non-hydrogen) atoms. The van der Waals surface area contributed by atoms with Crippen LogP contribution in [0.15, 0.2) is 47.5 Å². The highest BCUT2D eigenvalue weighted by Gasteiger charge is 2.29. The minimum absolute atomic E-state index is 0.0947. The summed E-state index contributed by atoms with van der Waals surface area (Å²) in [5.74, 6) is 0.698. The van der Waals surface area contributed by atoms with Crippen LogP contribution < -0.4 is 26.7 Å². The maximum absolute atomic E-state index is 15.3. The van der Waals surface area contributed by atoms with Gasteiger partial charge in [-0.2, -0.15) is 0 Å². The molecule has 2 aromatic carbocycles. The Labute approximate surface area is 269 Å². The fourth-order valence-electron chi connectivity index (χ4n) is 6.95. The number of hydrogen-bond donors (Lipinski definition) is 5.